The van der Waals surface area contributed by atoms with Crippen molar-refractivity contribution in [2.75, 3.05) is 6.61 Å². The van der Waals surface area contributed by atoms with Gasteiger partial charge in [0.15, 0.2) is 0 Å². The second-order valence-electron chi connectivity index (χ2n) is 4.39. The highest BCUT2D eigenvalue weighted by Crippen LogP contribution is 2.21. The van der Waals surface area contributed by atoms with E-state index in [1.54, 1.807) is 0 Å². The van der Waals surface area contributed by atoms with Crippen molar-refractivity contribution in [3.8, 4) is 0 Å². The number of nitrogens with zero attached hydrogens (tertiary/aromatic N) is 2. The first-order chi connectivity index (χ1) is 8.93. The van der Waals surface area contributed by atoms with E-state index in [-0.39, 0.29) is 24.2 Å². The van der Waals surface area contributed by atoms with Crippen LogP contribution in [-0.4, -0.2) is 45.2 Å². The Hall–Kier alpha value is -1.21. The molecule has 1 rings (SSSR count). The van der Waals surface area contributed by atoms with Crippen molar-refractivity contribution in [3.63, 3.8) is 0 Å². The molecule has 1 aromatic heterocycles. The Morgan fingerprint density at radius 3 is 2.37 bits per heavy atom. The van der Waals surface area contributed by atoms with Crippen LogP contribution in [0, 0.1) is 0 Å². The summed E-state index contributed by atoms with van der Waals surface area (Å²) >= 11 is 0. The zero-order valence-electron chi connectivity index (χ0n) is 10.5. The Morgan fingerprint density at radius 2 is 1.89 bits per heavy atom. The van der Waals surface area contributed by atoms with Crippen LogP contribution in [0.25, 0.3) is 0 Å². The number of hydrogen-bond acceptors (Lipinski definition) is 4. The van der Waals surface area contributed by atoms with Crippen LogP contribution < -0.4 is 0 Å². The van der Waals surface area contributed by atoms with Crippen LogP contribution in [0.15, 0.2) is 12.4 Å². The summed E-state index contributed by atoms with van der Waals surface area (Å²) in [6.07, 6.45) is -4.06. The van der Waals surface area contributed by atoms with Crippen LogP contribution >= 0.6 is 0 Å². The summed E-state index contributed by atoms with van der Waals surface area (Å²) in [5.74, 6) is 0. The fourth-order valence-corrected chi connectivity index (χ4v) is 1.50. The zero-order chi connectivity index (χ0) is 14.4. The second kappa shape index (κ2) is 7.40. The first-order valence-corrected chi connectivity index (χ1v) is 5.96. The Labute approximate surface area is 109 Å². The van der Waals surface area contributed by atoms with Crippen LogP contribution in [0.2, 0.25) is 0 Å². The van der Waals surface area contributed by atoms with E-state index >= 15 is 0 Å². The molecule has 1 heterocycles. The molecule has 0 fully saturated rings. The van der Waals surface area contributed by atoms with E-state index in [9.17, 15) is 18.3 Å². The van der Waals surface area contributed by atoms with Gasteiger partial charge < -0.3 is 10.2 Å². The summed E-state index contributed by atoms with van der Waals surface area (Å²) in [5, 5.41) is 17.9. The molecule has 4 nitrogen and oxygen atoms in total. The maximum absolute atomic E-state index is 13.5. The molecule has 1 aromatic rings. The van der Waals surface area contributed by atoms with Gasteiger partial charge in [-0.2, -0.15) is 0 Å². The van der Waals surface area contributed by atoms with Crippen LogP contribution in [-0.2, 0) is 6.42 Å². The molecule has 0 aromatic carbocycles. The van der Waals surface area contributed by atoms with Crippen molar-refractivity contribution in [1.29, 1.82) is 0 Å². The molecular formula is C12H17F3N2O2. The number of halogens is 3. The van der Waals surface area contributed by atoms with E-state index < -0.39 is 31.2 Å². The van der Waals surface area contributed by atoms with Gasteiger partial charge in [0.25, 0.3) is 0 Å². The lowest BCUT2D eigenvalue weighted by atomic mass is 10.1. The standard InChI is InChI=1S/C12H17F3N2O2/c1-7(13)2-9(14)11-5-16-8(4-17-11)3-12(19)10(15)6-18/h4-5,7,9-10,12,18-19H,2-3,6H2,1H3/t7-,9-,10-,12-/m0/s1. The summed E-state index contributed by atoms with van der Waals surface area (Å²) < 4.78 is 39.0. The molecule has 0 aliphatic rings. The summed E-state index contributed by atoms with van der Waals surface area (Å²) in [7, 11) is 0. The number of alkyl halides is 3. The largest absolute Gasteiger partial charge is 0.393 e. The third-order valence-electron chi connectivity index (χ3n) is 2.59. The lowest BCUT2D eigenvalue weighted by molar-refractivity contribution is 0.0400. The summed E-state index contributed by atoms with van der Waals surface area (Å²) in [6, 6.07) is 0. The summed E-state index contributed by atoms with van der Waals surface area (Å²) in [5.41, 5.74) is 0.273. The molecule has 0 spiro atoms. The number of aliphatic hydroxyl groups excluding tert-OH is 2. The fourth-order valence-electron chi connectivity index (χ4n) is 1.50. The van der Waals surface area contributed by atoms with Gasteiger partial charge in [0, 0.05) is 19.0 Å². The quantitative estimate of drug-likeness (QED) is 0.792. The Bertz CT molecular complexity index is 376. The molecule has 0 saturated carbocycles. The van der Waals surface area contributed by atoms with Gasteiger partial charge in [-0.15, -0.1) is 0 Å². The Balaban J connectivity index is 2.61. The average molecular weight is 278 g/mol. The summed E-state index contributed by atoms with van der Waals surface area (Å²) in [6.45, 7) is 0.467. The predicted octanol–water partition coefficient (Wildman–Crippen LogP) is 1.47. The first-order valence-electron chi connectivity index (χ1n) is 5.96. The lowest BCUT2D eigenvalue weighted by Gasteiger charge is -2.13. The van der Waals surface area contributed by atoms with Gasteiger partial charge in [0.05, 0.1) is 30.3 Å². The number of aromatic nitrogens is 2. The van der Waals surface area contributed by atoms with Crippen molar-refractivity contribution in [3.05, 3.63) is 23.8 Å². The highest BCUT2D eigenvalue weighted by atomic mass is 19.1. The highest BCUT2D eigenvalue weighted by Gasteiger charge is 2.19. The van der Waals surface area contributed by atoms with Crippen LogP contribution in [0.1, 0.15) is 30.9 Å². The molecule has 0 unspecified atom stereocenters. The molecule has 7 heteroatoms. The molecule has 0 aliphatic heterocycles. The van der Waals surface area contributed by atoms with Gasteiger partial charge in [-0.1, -0.05) is 0 Å². The molecule has 0 aliphatic carbocycles. The van der Waals surface area contributed by atoms with E-state index in [1.807, 2.05) is 0 Å². The average Bonchev–Trinajstić information content (AvgIpc) is 2.37. The maximum Gasteiger partial charge on any atom is 0.149 e. The van der Waals surface area contributed by atoms with Crippen molar-refractivity contribution >= 4 is 0 Å². The van der Waals surface area contributed by atoms with Gasteiger partial charge in [-0.3, -0.25) is 9.97 Å². The molecule has 108 valence electrons. The first kappa shape index (κ1) is 15.8. The topological polar surface area (TPSA) is 66.2 Å². The molecule has 0 radical (unpaired) electrons. The molecule has 0 saturated heterocycles. The smallest absolute Gasteiger partial charge is 0.149 e. The minimum absolute atomic E-state index is 0.00157. The van der Waals surface area contributed by atoms with Crippen molar-refractivity contribution < 1.29 is 23.4 Å². The van der Waals surface area contributed by atoms with Gasteiger partial charge >= 0.3 is 0 Å². The number of aliphatic hydroxyl groups is 2. The molecule has 0 bridgehead atoms. The van der Waals surface area contributed by atoms with Gasteiger partial charge in [0.2, 0.25) is 0 Å². The van der Waals surface area contributed by atoms with Crippen LogP contribution in [0.4, 0.5) is 13.2 Å². The van der Waals surface area contributed by atoms with Crippen LogP contribution in [0.5, 0.6) is 0 Å². The maximum atomic E-state index is 13.5. The van der Waals surface area contributed by atoms with E-state index in [1.165, 1.54) is 13.1 Å². The van der Waals surface area contributed by atoms with Gasteiger partial charge in [0.1, 0.15) is 18.5 Å². The second-order valence-corrected chi connectivity index (χ2v) is 4.39. The summed E-state index contributed by atoms with van der Waals surface area (Å²) in [4.78, 5) is 7.60. The predicted molar refractivity (Wildman–Crippen MR) is 62.8 cm³/mol. The molecule has 19 heavy (non-hydrogen) atoms. The molecule has 0 amide bonds. The number of hydrogen-bond donors (Lipinski definition) is 2. The minimum atomic E-state index is -1.76. The van der Waals surface area contributed by atoms with E-state index in [4.69, 9.17) is 5.11 Å². The normalized spacial score (nSPS) is 17.8. The third kappa shape index (κ3) is 5.12. The molecule has 4 atom stereocenters. The Kier molecular flexibility index (Phi) is 6.17. The van der Waals surface area contributed by atoms with E-state index in [0.717, 1.165) is 6.20 Å². The van der Waals surface area contributed by atoms with E-state index in [2.05, 4.69) is 9.97 Å². The van der Waals surface area contributed by atoms with Gasteiger partial charge in [-0.05, 0) is 6.92 Å². The highest BCUT2D eigenvalue weighted by molar-refractivity contribution is 5.06. The van der Waals surface area contributed by atoms with Crippen molar-refractivity contribution in [1.82, 2.24) is 9.97 Å². The fraction of sp³-hybridized carbons (Fsp3) is 0.667. The third-order valence-corrected chi connectivity index (χ3v) is 2.59. The number of rotatable bonds is 7. The van der Waals surface area contributed by atoms with Crippen molar-refractivity contribution in [2.24, 2.45) is 0 Å². The van der Waals surface area contributed by atoms with E-state index in [0.29, 0.717) is 0 Å². The SMILES string of the molecule is C[C@H](F)C[C@H](F)c1cnc(C[C@H](O)[C@@H](F)CO)cn1. The Morgan fingerprint density at radius 1 is 1.21 bits per heavy atom. The minimum Gasteiger partial charge on any atom is -0.393 e. The van der Waals surface area contributed by atoms with Crippen molar-refractivity contribution in [2.45, 2.75) is 44.4 Å². The van der Waals surface area contributed by atoms with Crippen LogP contribution in [0.3, 0.4) is 0 Å². The molecule has 2 N–H and O–H groups in total. The monoisotopic (exact) mass is 278 g/mol. The molecular weight excluding hydrogens is 261 g/mol. The zero-order valence-corrected chi connectivity index (χ0v) is 10.5. The van der Waals surface area contributed by atoms with Gasteiger partial charge in [-0.25, -0.2) is 13.2 Å². The lowest BCUT2D eigenvalue weighted by Crippen LogP contribution is -2.27.